The van der Waals surface area contributed by atoms with E-state index in [0.29, 0.717) is 24.3 Å². The van der Waals surface area contributed by atoms with Crippen molar-refractivity contribution in [3.05, 3.63) is 57.2 Å². The van der Waals surface area contributed by atoms with Gasteiger partial charge in [0.05, 0.1) is 6.04 Å². The molecule has 0 spiro atoms. The normalized spacial score (nSPS) is 11.9. The topological polar surface area (TPSA) is 66.4 Å². The zero-order chi connectivity index (χ0) is 16.7. The molecule has 1 amide bonds. The molecule has 0 radical (unpaired) electrons. The monoisotopic (exact) mass is 351 g/mol. The van der Waals surface area contributed by atoms with Gasteiger partial charge in [-0.25, -0.2) is 0 Å². The van der Waals surface area contributed by atoms with Gasteiger partial charge in [0.15, 0.2) is 0 Å². The molecule has 4 nitrogen and oxygen atoms in total. The number of hydrogen-bond acceptors (Lipinski definition) is 3. The lowest BCUT2D eigenvalue weighted by Crippen LogP contribution is -2.28. The van der Waals surface area contributed by atoms with Crippen molar-refractivity contribution in [3.63, 3.8) is 0 Å². The average molecular weight is 352 g/mol. The summed E-state index contributed by atoms with van der Waals surface area (Å²) in [4.78, 5) is 22.6. The summed E-state index contributed by atoms with van der Waals surface area (Å²) in [5.74, 6) is -0.913. The van der Waals surface area contributed by atoms with E-state index in [2.05, 4.69) is 5.32 Å². The molecule has 122 valence electrons. The summed E-state index contributed by atoms with van der Waals surface area (Å²) >= 11 is 7.50. The third-order valence-corrected chi connectivity index (χ3v) is 4.38. The second-order valence-corrected chi connectivity index (χ2v) is 6.43. The first-order valence-corrected chi connectivity index (χ1v) is 8.67. The van der Waals surface area contributed by atoms with Gasteiger partial charge in [-0.05, 0) is 52.9 Å². The highest BCUT2D eigenvalue weighted by Gasteiger charge is 2.17. The molecule has 1 aromatic carbocycles. The smallest absolute Gasteiger partial charge is 0.303 e. The Kier molecular flexibility index (Phi) is 6.62. The first kappa shape index (κ1) is 17.5. The number of nitrogens with one attached hydrogen (secondary N) is 1. The summed E-state index contributed by atoms with van der Waals surface area (Å²) in [5.41, 5.74) is 1.99. The first-order chi connectivity index (χ1) is 11.1. The van der Waals surface area contributed by atoms with E-state index in [1.807, 2.05) is 29.0 Å². The molecular formula is C17H18ClNO3S. The number of unbranched alkanes of at least 4 members (excludes halogenated alkanes) is 1. The van der Waals surface area contributed by atoms with Crippen molar-refractivity contribution < 1.29 is 14.7 Å². The van der Waals surface area contributed by atoms with Gasteiger partial charge in [-0.1, -0.05) is 23.7 Å². The van der Waals surface area contributed by atoms with E-state index < -0.39 is 5.97 Å². The number of benzene rings is 1. The Labute approximate surface area is 144 Å². The molecule has 1 unspecified atom stereocenters. The van der Waals surface area contributed by atoms with Crippen LogP contribution in [0.15, 0.2) is 41.1 Å². The van der Waals surface area contributed by atoms with Crippen molar-refractivity contribution in [3.8, 4) is 0 Å². The minimum atomic E-state index is -0.831. The number of amides is 1. The van der Waals surface area contributed by atoms with Gasteiger partial charge in [0, 0.05) is 17.9 Å². The number of carbonyl (C=O) groups is 2. The Morgan fingerprint density at radius 2 is 1.78 bits per heavy atom. The minimum absolute atomic E-state index is 0.0819. The molecule has 2 N–H and O–H groups in total. The highest BCUT2D eigenvalue weighted by Crippen LogP contribution is 2.25. The SMILES string of the molecule is O=C(O)CCCCC(=O)NC(c1ccc(Cl)cc1)c1ccsc1. The zero-order valence-electron chi connectivity index (χ0n) is 12.5. The van der Waals surface area contributed by atoms with Crippen LogP contribution in [0.3, 0.4) is 0 Å². The second-order valence-electron chi connectivity index (χ2n) is 5.21. The summed E-state index contributed by atoms with van der Waals surface area (Å²) in [6.07, 6.45) is 1.49. The number of aliphatic carboxylic acids is 1. The molecule has 0 saturated carbocycles. The van der Waals surface area contributed by atoms with Crippen molar-refractivity contribution in [2.24, 2.45) is 0 Å². The van der Waals surface area contributed by atoms with Gasteiger partial charge < -0.3 is 10.4 Å². The van der Waals surface area contributed by atoms with Gasteiger partial charge in [0.25, 0.3) is 0 Å². The van der Waals surface area contributed by atoms with E-state index in [0.717, 1.165) is 11.1 Å². The van der Waals surface area contributed by atoms with Crippen LogP contribution in [-0.4, -0.2) is 17.0 Å². The number of carboxylic acid groups (broad SMARTS) is 1. The fraction of sp³-hybridized carbons (Fsp3) is 0.294. The second kappa shape index (κ2) is 8.70. The Hall–Kier alpha value is -1.85. The van der Waals surface area contributed by atoms with E-state index in [4.69, 9.17) is 16.7 Å². The maximum Gasteiger partial charge on any atom is 0.303 e. The van der Waals surface area contributed by atoms with Crippen LogP contribution >= 0.6 is 22.9 Å². The summed E-state index contributed by atoms with van der Waals surface area (Å²) < 4.78 is 0. The predicted octanol–water partition coefficient (Wildman–Crippen LogP) is 4.25. The number of carboxylic acids is 1. The number of halogens is 1. The van der Waals surface area contributed by atoms with Crippen molar-refractivity contribution in [2.75, 3.05) is 0 Å². The molecule has 0 saturated heterocycles. The van der Waals surface area contributed by atoms with E-state index in [1.165, 1.54) is 0 Å². The van der Waals surface area contributed by atoms with Gasteiger partial charge in [-0.15, -0.1) is 0 Å². The van der Waals surface area contributed by atoms with Crippen molar-refractivity contribution in [1.29, 1.82) is 0 Å². The molecule has 2 rings (SSSR count). The minimum Gasteiger partial charge on any atom is -0.481 e. The predicted molar refractivity (Wildman–Crippen MR) is 91.9 cm³/mol. The third-order valence-electron chi connectivity index (χ3n) is 3.43. The molecular weight excluding hydrogens is 334 g/mol. The number of thiophene rings is 1. The molecule has 0 aliphatic carbocycles. The molecule has 2 aromatic rings. The average Bonchev–Trinajstić information content (AvgIpc) is 3.04. The number of carbonyl (C=O) groups excluding carboxylic acids is 1. The van der Waals surface area contributed by atoms with Crippen LogP contribution in [0, 0.1) is 0 Å². The molecule has 0 fully saturated rings. The third kappa shape index (κ3) is 5.69. The standard InChI is InChI=1S/C17H18ClNO3S/c18-14-7-5-12(6-8-14)17(13-9-10-23-11-13)19-15(20)3-1-2-4-16(21)22/h5-11,17H,1-4H2,(H,19,20)(H,21,22). The van der Waals surface area contributed by atoms with Crippen LogP contribution in [0.4, 0.5) is 0 Å². The van der Waals surface area contributed by atoms with E-state index >= 15 is 0 Å². The highest BCUT2D eigenvalue weighted by atomic mass is 35.5. The quantitative estimate of drug-likeness (QED) is 0.698. The van der Waals surface area contributed by atoms with Gasteiger partial charge >= 0.3 is 5.97 Å². The lowest BCUT2D eigenvalue weighted by atomic mass is 10.0. The number of rotatable bonds is 8. The molecule has 23 heavy (non-hydrogen) atoms. The van der Waals surface area contributed by atoms with Crippen molar-refractivity contribution in [2.45, 2.75) is 31.7 Å². The summed E-state index contributed by atoms with van der Waals surface area (Å²) in [5, 5.41) is 16.3. The van der Waals surface area contributed by atoms with Gasteiger partial charge in [-0.2, -0.15) is 11.3 Å². The van der Waals surface area contributed by atoms with Crippen molar-refractivity contribution in [1.82, 2.24) is 5.32 Å². The van der Waals surface area contributed by atoms with Crippen molar-refractivity contribution >= 4 is 34.8 Å². The molecule has 0 aliphatic rings. The molecule has 1 atom stereocenters. The summed E-state index contributed by atoms with van der Waals surface area (Å²) in [7, 11) is 0. The lowest BCUT2D eigenvalue weighted by Gasteiger charge is -2.18. The molecule has 1 aromatic heterocycles. The highest BCUT2D eigenvalue weighted by molar-refractivity contribution is 7.08. The van der Waals surface area contributed by atoms with Gasteiger partial charge in [-0.3, -0.25) is 9.59 Å². The number of hydrogen-bond donors (Lipinski definition) is 2. The van der Waals surface area contributed by atoms with Crippen LogP contribution in [0.1, 0.15) is 42.9 Å². The van der Waals surface area contributed by atoms with Crippen LogP contribution in [0.2, 0.25) is 5.02 Å². The Morgan fingerprint density at radius 3 is 2.39 bits per heavy atom. The molecule has 0 aliphatic heterocycles. The maximum atomic E-state index is 12.2. The van der Waals surface area contributed by atoms with Gasteiger partial charge in [0.2, 0.25) is 5.91 Å². The Morgan fingerprint density at radius 1 is 1.09 bits per heavy atom. The molecule has 1 heterocycles. The zero-order valence-corrected chi connectivity index (χ0v) is 14.1. The molecule has 6 heteroatoms. The van der Waals surface area contributed by atoms with E-state index in [1.54, 1.807) is 23.5 Å². The fourth-order valence-electron chi connectivity index (χ4n) is 2.25. The van der Waals surface area contributed by atoms with E-state index in [9.17, 15) is 9.59 Å². The van der Waals surface area contributed by atoms with Crippen LogP contribution < -0.4 is 5.32 Å². The largest absolute Gasteiger partial charge is 0.481 e. The van der Waals surface area contributed by atoms with Crippen LogP contribution in [-0.2, 0) is 9.59 Å². The van der Waals surface area contributed by atoms with Gasteiger partial charge in [0.1, 0.15) is 0 Å². The van der Waals surface area contributed by atoms with Crippen LogP contribution in [0.5, 0.6) is 0 Å². The van der Waals surface area contributed by atoms with Crippen LogP contribution in [0.25, 0.3) is 0 Å². The summed E-state index contributed by atoms with van der Waals surface area (Å²) in [6, 6.07) is 9.16. The molecule has 0 bridgehead atoms. The van der Waals surface area contributed by atoms with E-state index in [-0.39, 0.29) is 18.4 Å². The Balaban J connectivity index is 2.00. The Bertz CT molecular complexity index is 640. The maximum absolute atomic E-state index is 12.2. The first-order valence-electron chi connectivity index (χ1n) is 7.35. The summed E-state index contributed by atoms with van der Waals surface area (Å²) in [6.45, 7) is 0. The fourth-order valence-corrected chi connectivity index (χ4v) is 3.06. The lowest BCUT2D eigenvalue weighted by molar-refractivity contribution is -0.137.